The number of hydrogen-bond donors (Lipinski definition) is 3. The van der Waals surface area contributed by atoms with Crippen LogP contribution in [0.4, 0.5) is 10.5 Å². The highest BCUT2D eigenvalue weighted by Gasteiger charge is 2.33. The minimum Gasteiger partial charge on any atom is -0.488 e. The van der Waals surface area contributed by atoms with Gasteiger partial charge >= 0.3 is 6.03 Å². The van der Waals surface area contributed by atoms with E-state index >= 15 is 0 Å². The van der Waals surface area contributed by atoms with E-state index < -0.39 is 22.2 Å². The summed E-state index contributed by atoms with van der Waals surface area (Å²) in [6, 6.07) is 11.3. The lowest BCUT2D eigenvalue weighted by Gasteiger charge is -2.33. The number of hydrogen-bond acceptors (Lipinski definition) is 6. The number of urea groups is 1. The van der Waals surface area contributed by atoms with E-state index in [2.05, 4.69) is 10.6 Å². The molecule has 2 aliphatic rings. The van der Waals surface area contributed by atoms with Gasteiger partial charge in [0.15, 0.2) is 0 Å². The molecule has 10 nitrogen and oxygen atoms in total. The van der Waals surface area contributed by atoms with Gasteiger partial charge in [0.25, 0.3) is 0 Å². The summed E-state index contributed by atoms with van der Waals surface area (Å²) >= 11 is 0. The number of likely N-dealkylation sites (N-methyl/N-ethyl adjacent to an activating group) is 1. The molecular weight excluding hydrogens is 556 g/mol. The van der Waals surface area contributed by atoms with E-state index in [9.17, 15) is 23.1 Å². The number of benzene rings is 2. The number of sulfonamides is 1. The second-order valence-corrected chi connectivity index (χ2v) is 13.8. The fourth-order valence-corrected chi connectivity index (χ4v) is 6.75. The molecule has 0 aromatic heterocycles. The average molecular weight is 601 g/mol. The molecule has 0 unspecified atom stereocenters. The van der Waals surface area contributed by atoms with Gasteiger partial charge in [0, 0.05) is 36.8 Å². The third-order valence-electron chi connectivity index (χ3n) is 8.28. The quantitative estimate of drug-likeness (QED) is 0.422. The third-order valence-corrected chi connectivity index (χ3v) is 10.1. The van der Waals surface area contributed by atoms with Gasteiger partial charge in [0.1, 0.15) is 11.9 Å². The molecule has 3 amide bonds. The van der Waals surface area contributed by atoms with Crippen LogP contribution >= 0.6 is 0 Å². The topological polar surface area (TPSA) is 128 Å². The Hall–Kier alpha value is -3.15. The molecule has 230 valence electrons. The Labute approximate surface area is 249 Å². The lowest BCUT2D eigenvalue weighted by atomic mass is 9.96. The number of aliphatic hydroxyl groups is 1. The van der Waals surface area contributed by atoms with E-state index in [4.69, 9.17) is 4.74 Å². The number of fused-ring (bicyclic) bond motifs is 1. The molecule has 0 bridgehead atoms. The molecule has 0 radical (unpaired) electrons. The molecule has 42 heavy (non-hydrogen) atoms. The maximum atomic E-state index is 13.5. The zero-order valence-corrected chi connectivity index (χ0v) is 25.8. The standard InChI is InChI=1S/C31H44N4O6S/c1-21-10-13-27(14-11-21)42(39,40)34(4)19-29-22(2)18-35(23(3)20-36)30(37)17-24-16-26(12-15-28(24)41-29)33-31(38)32-25-8-6-5-7-9-25/h10-16,22-23,25,29,36H,5-9,17-20H2,1-4H3,(H2,32,33,38)/t22-,23+,29+/m1/s1. The first kappa shape index (κ1) is 31.8. The predicted octanol–water partition coefficient (Wildman–Crippen LogP) is 3.92. The molecule has 4 rings (SSSR count). The maximum Gasteiger partial charge on any atom is 0.319 e. The Morgan fingerprint density at radius 2 is 1.83 bits per heavy atom. The number of aliphatic hydroxyl groups excluding tert-OH is 1. The van der Waals surface area contributed by atoms with Crippen LogP contribution < -0.4 is 15.4 Å². The van der Waals surface area contributed by atoms with Crippen LogP contribution in [0, 0.1) is 12.8 Å². The summed E-state index contributed by atoms with van der Waals surface area (Å²) < 4.78 is 34.5. The van der Waals surface area contributed by atoms with Crippen LogP contribution in [0.15, 0.2) is 47.4 Å². The van der Waals surface area contributed by atoms with E-state index in [-0.39, 0.29) is 54.9 Å². The van der Waals surface area contributed by atoms with Gasteiger partial charge in [-0.2, -0.15) is 4.31 Å². The molecule has 2 aromatic carbocycles. The molecule has 1 aliphatic carbocycles. The lowest BCUT2D eigenvalue weighted by molar-refractivity contribution is -0.134. The smallest absolute Gasteiger partial charge is 0.319 e. The second kappa shape index (κ2) is 13.9. The number of aryl methyl sites for hydroxylation is 1. The summed E-state index contributed by atoms with van der Waals surface area (Å²) in [6.07, 6.45) is 4.74. The molecule has 0 spiro atoms. The van der Waals surface area contributed by atoms with Crippen LogP contribution in [-0.2, 0) is 21.2 Å². The van der Waals surface area contributed by atoms with E-state index in [1.807, 2.05) is 13.8 Å². The number of carbonyl (C=O) groups is 2. The van der Waals surface area contributed by atoms with Crippen molar-refractivity contribution in [3.63, 3.8) is 0 Å². The summed E-state index contributed by atoms with van der Waals surface area (Å²) in [7, 11) is -2.26. The van der Waals surface area contributed by atoms with Crippen LogP contribution in [0.3, 0.4) is 0 Å². The van der Waals surface area contributed by atoms with Crippen molar-refractivity contribution in [2.45, 2.75) is 82.4 Å². The highest BCUT2D eigenvalue weighted by atomic mass is 32.2. The molecule has 11 heteroatoms. The maximum absolute atomic E-state index is 13.5. The lowest BCUT2D eigenvalue weighted by Crippen LogP contribution is -2.48. The number of rotatable bonds is 8. The minimum absolute atomic E-state index is 0.0103. The number of amides is 3. The first-order chi connectivity index (χ1) is 20.0. The summed E-state index contributed by atoms with van der Waals surface area (Å²) in [5.41, 5.74) is 2.07. The van der Waals surface area contributed by atoms with Gasteiger partial charge in [-0.05, 0) is 57.0 Å². The van der Waals surface area contributed by atoms with Gasteiger partial charge in [0.2, 0.25) is 15.9 Å². The first-order valence-corrected chi connectivity index (χ1v) is 16.2. The first-order valence-electron chi connectivity index (χ1n) is 14.8. The van der Waals surface area contributed by atoms with Crippen LogP contribution in [-0.4, -0.2) is 79.6 Å². The highest BCUT2D eigenvalue weighted by Crippen LogP contribution is 2.30. The van der Waals surface area contributed by atoms with Gasteiger partial charge in [0.05, 0.1) is 30.5 Å². The fourth-order valence-electron chi connectivity index (χ4n) is 5.57. The minimum atomic E-state index is -3.79. The molecule has 3 atom stereocenters. The zero-order chi connectivity index (χ0) is 30.4. The van der Waals surface area contributed by atoms with Gasteiger partial charge < -0.3 is 25.4 Å². The number of nitrogens with one attached hydrogen (secondary N) is 2. The second-order valence-electron chi connectivity index (χ2n) is 11.7. The summed E-state index contributed by atoms with van der Waals surface area (Å²) in [4.78, 5) is 28.0. The monoisotopic (exact) mass is 600 g/mol. The van der Waals surface area contributed by atoms with Gasteiger partial charge in [-0.3, -0.25) is 4.79 Å². The van der Waals surface area contributed by atoms with Crippen molar-refractivity contribution < 1.29 is 27.9 Å². The molecule has 2 aromatic rings. The van der Waals surface area contributed by atoms with Gasteiger partial charge in [-0.1, -0.05) is 43.9 Å². The number of anilines is 1. The molecule has 3 N–H and O–H groups in total. The molecule has 0 saturated heterocycles. The van der Waals surface area contributed by atoms with Crippen LogP contribution in [0.1, 0.15) is 57.1 Å². The Bertz CT molecular complexity index is 1340. The predicted molar refractivity (Wildman–Crippen MR) is 162 cm³/mol. The largest absolute Gasteiger partial charge is 0.488 e. The Morgan fingerprint density at radius 3 is 2.50 bits per heavy atom. The van der Waals surface area contributed by atoms with Crippen molar-refractivity contribution in [2.75, 3.05) is 32.1 Å². The third kappa shape index (κ3) is 7.81. The fraction of sp³-hybridized carbons (Fsp3) is 0.548. The van der Waals surface area contributed by atoms with E-state index in [0.717, 1.165) is 31.2 Å². The molecule has 1 fully saturated rings. The van der Waals surface area contributed by atoms with E-state index in [1.54, 1.807) is 54.3 Å². The Morgan fingerprint density at radius 1 is 1.14 bits per heavy atom. The Balaban J connectivity index is 1.59. The molecule has 1 saturated carbocycles. The van der Waals surface area contributed by atoms with Crippen molar-refractivity contribution >= 4 is 27.6 Å². The van der Waals surface area contributed by atoms with Crippen LogP contribution in [0.25, 0.3) is 0 Å². The summed E-state index contributed by atoms with van der Waals surface area (Å²) in [5, 5.41) is 15.8. The number of nitrogens with zero attached hydrogens (tertiary/aromatic N) is 2. The van der Waals surface area contributed by atoms with E-state index in [1.165, 1.54) is 17.8 Å². The molecule has 1 heterocycles. The van der Waals surface area contributed by atoms with Crippen molar-refractivity contribution in [1.29, 1.82) is 0 Å². The molecule has 1 aliphatic heterocycles. The van der Waals surface area contributed by atoms with Crippen molar-refractivity contribution in [3.05, 3.63) is 53.6 Å². The van der Waals surface area contributed by atoms with Gasteiger partial charge in [-0.15, -0.1) is 0 Å². The number of ether oxygens (including phenoxy) is 1. The number of carbonyl (C=O) groups excluding carboxylic acids is 2. The zero-order valence-electron chi connectivity index (χ0n) is 25.0. The van der Waals surface area contributed by atoms with Gasteiger partial charge in [-0.25, -0.2) is 13.2 Å². The molecular formula is C31H44N4O6S. The Kier molecular flexibility index (Phi) is 10.5. The summed E-state index contributed by atoms with van der Waals surface area (Å²) in [5.74, 6) is 0.0139. The summed E-state index contributed by atoms with van der Waals surface area (Å²) in [6.45, 7) is 5.72. The van der Waals surface area contributed by atoms with Crippen molar-refractivity contribution in [3.8, 4) is 5.75 Å². The average Bonchev–Trinajstić information content (AvgIpc) is 3.00. The SMILES string of the molecule is Cc1ccc(S(=O)(=O)N(C)C[C@@H]2Oc3ccc(NC(=O)NC4CCCCC4)cc3CC(=O)N([C@@H](C)CO)C[C@H]2C)cc1. The van der Waals surface area contributed by atoms with Crippen molar-refractivity contribution in [2.24, 2.45) is 5.92 Å². The van der Waals surface area contributed by atoms with Crippen molar-refractivity contribution in [1.82, 2.24) is 14.5 Å². The van der Waals surface area contributed by atoms with E-state index in [0.29, 0.717) is 17.0 Å². The van der Waals surface area contributed by atoms with Crippen LogP contribution in [0.2, 0.25) is 0 Å². The highest BCUT2D eigenvalue weighted by molar-refractivity contribution is 7.89. The van der Waals surface area contributed by atoms with Crippen LogP contribution in [0.5, 0.6) is 5.75 Å². The normalized spacial score (nSPS) is 21.0.